The van der Waals surface area contributed by atoms with Crippen LogP contribution in [0.2, 0.25) is 0 Å². The van der Waals surface area contributed by atoms with E-state index in [1.54, 1.807) is 0 Å². The van der Waals surface area contributed by atoms with Gasteiger partial charge < -0.3 is 4.90 Å². The van der Waals surface area contributed by atoms with Crippen LogP contribution >= 0.6 is 0 Å². The van der Waals surface area contributed by atoms with Crippen LogP contribution in [-0.4, -0.2) is 23.0 Å². The van der Waals surface area contributed by atoms with E-state index in [1.807, 2.05) is 6.07 Å². The van der Waals surface area contributed by atoms with Gasteiger partial charge in [0.25, 0.3) is 0 Å². The second-order valence-corrected chi connectivity index (χ2v) is 7.79. The van der Waals surface area contributed by atoms with E-state index in [2.05, 4.69) is 45.3 Å². The normalized spacial score (nSPS) is 24.8. The first kappa shape index (κ1) is 16.3. The van der Waals surface area contributed by atoms with Gasteiger partial charge in [-0.1, -0.05) is 43.2 Å². The largest absolute Gasteiger partial charge is 0.334 e. The van der Waals surface area contributed by atoms with Crippen LogP contribution in [0.25, 0.3) is 0 Å². The highest BCUT2D eigenvalue weighted by Crippen LogP contribution is 2.58. The Balaban J connectivity index is 1.43. The summed E-state index contributed by atoms with van der Waals surface area (Å²) in [5.41, 5.74) is 1.24. The van der Waals surface area contributed by atoms with E-state index in [0.717, 1.165) is 13.0 Å². The standard InChI is InChI=1S/C21H25N3O/c1-2-3-14-21(22-23-21)15-11-18(25)24-16-20(12-7-8-13-20)19(24)17-9-5-4-6-10-17/h1,4-6,9-10,19H,3,7-8,11-16H2. The van der Waals surface area contributed by atoms with Crippen molar-refractivity contribution in [3.63, 3.8) is 0 Å². The Hall–Kier alpha value is -2.15. The highest BCUT2D eigenvalue weighted by Gasteiger charge is 2.55. The van der Waals surface area contributed by atoms with Crippen molar-refractivity contribution in [1.82, 2.24) is 4.90 Å². The Bertz CT molecular complexity index is 706. The van der Waals surface area contributed by atoms with Crippen LogP contribution in [0.4, 0.5) is 0 Å². The predicted molar refractivity (Wildman–Crippen MR) is 96.7 cm³/mol. The summed E-state index contributed by atoms with van der Waals surface area (Å²) in [5, 5.41) is 8.31. The van der Waals surface area contributed by atoms with Crippen LogP contribution in [0.1, 0.15) is 63.0 Å². The van der Waals surface area contributed by atoms with Gasteiger partial charge in [-0.05, 0) is 18.4 Å². The van der Waals surface area contributed by atoms with Crippen LogP contribution in [0.3, 0.4) is 0 Å². The zero-order valence-corrected chi connectivity index (χ0v) is 14.7. The van der Waals surface area contributed by atoms with Crippen LogP contribution in [0.15, 0.2) is 40.6 Å². The van der Waals surface area contributed by atoms with E-state index in [1.165, 1.54) is 31.2 Å². The molecule has 0 bridgehead atoms. The van der Waals surface area contributed by atoms with Crippen molar-refractivity contribution in [2.24, 2.45) is 15.6 Å². The maximum absolute atomic E-state index is 12.9. The lowest BCUT2D eigenvalue weighted by atomic mass is 9.67. The summed E-state index contributed by atoms with van der Waals surface area (Å²) < 4.78 is 0. The van der Waals surface area contributed by atoms with Crippen molar-refractivity contribution in [2.75, 3.05) is 6.54 Å². The van der Waals surface area contributed by atoms with E-state index in [4.69, 9.17) is 6.42 Å². The van der Waals surface area contributed by atoms with E-state index in [0.29, 0.717) is 24.7 Å². The molecule has 2 heterocycles. The lowest BCUT2D eigenvalue weighted by Crippen LogP contribution is -2.59. The molecule has 1 aromatic rings. The van der Waals surface area contributed by atoms with Crippen LogP contribution < -0.4 is 0 Å². The first-order valence-electron chi connectivity index (χ1n) is 9.40. The topological polar surface area (TPSA) is 45.0 Å². The zero-order valence-electron chi connectivity index (χ0n) is 14.7. The van der Waals surface area contributed by atoms with Gasteiger partial charge in [-0.25, -0.2) is 0 Å². The molecule has 1 saturated heterocycles. The Kier molecular flexibility index (Phi) is 4.11. The minimum atomic E-state index is -0.361. The molecule has 1 atom stereocenters. The van der Waals surface area contributed by atoms with Crippen LogP contribution in [0.5, 0.6) is 0 Å². The van der Waals surface area contributed by atoms with Crippen molar-refractivity contribution in [3.8, 4) is 12.3 Å². The van der Waals surface area contributed by atoms with Gasteiger partial charge >= 0.3 is 0 Å². The van der Waals surface area contributed by atoms with Crippen molar-refractivity contribution in [3.05, 3.63) is 35.9 Å². The molecule has 1 amide bonds. The predicted octanol–water partition coefficient (Wildman–Crippen LogP) is 4.49. The number of rotatable bonds is 6. The molecule has 2 fully saturated rings. The fourth-order valence-corrected chi connectivity index (χ4v) is 4.77. The highest BCUT2D eigenvalue weighted by atomic mass is 16.2. The summed E-state index contributed by atoms with van der Waals surface area (Å²) in [5.74, 6) is 2.88. The van der Waals surface area contributed by atoms with Crippen LogP contribution in [-0.2, 0) is 4.79 Å². The summed E-state index contributed by atoms with van der Waals surface area (Å²) in [6.07, 6.45) is 13.0. The summed E-state index contributed by atoms with van der Waals surface area (Å²) in [6.45, 7) is 0.914. The number of nitrogens with zero attached hydrogens (tertiary/aromatic N) is 3. The van der Waals surface area contributed by atoms with Gasteiger partial charge in [0.05, 0.1) is 6.04 Å². The first-order chi connectivity index (χ1) is 12.2. The Labute approximate surface area is 149 Å². The number of amides is 1. The number of benzene rings is 1. The zero-order chi connectivity index (χ0) is 17.3. The molecule has 0 radical (unpaired) electrons. The molecule has 1 aromatic carbocycles. The molecule has 0 N–H and O–H groups in total. The van der Waals surface area contributed by atoms with Gasteiger partial charge in [-0.2, -0.15) is 10.2 Å². The molecule has 0 aromatic heterocycles. The summed E-state index contributed by atoms with van der Waals surface area (Å²) in [7, 11) is 0. The molecular formula is C21H25N3O. The third kappa shape index (κ3) is 2.97. The summed E-state index contributed by atoms with van der Waals surface area (Å²) in [4.78, 5) is 15.0. The molecule has 4 nitrogen and oxygen atoms in total. The average molecular weight is 335 g/mol. The second-order valence-electron chi connectivity index (χ2n) is 7.79. The first-order valence-corrected chi connectivity index (χ1v) is 9.40. The minimum Gasteiger partial charge on any atom is -0.334 e. The summed E-state index contributed by atoms with van der Waals surface area (Å²) in [6, 6.07) is 10.8. The summed E-state index contributed by atoms with van der Waals surface area (Å²) >= 11 is 0. The Morgan fingerprint density at radius 3 is 2.56 bits per heavy atom. The lowest BCUT2D eigenvalue weighted by molar-refractivity contribution is -0.155. The van der Waals surface area contributed by atoms with Crippen molar-refractivity contribution in [2.45, 2.75) is 63.1 Å². The molecule has 130 valence electrons. The SMILES string of the molecule is C#CCCC1(CCC(=O)N2CC3(CCCC3)C2c2ccccc2)N=N1. The number of likely N-dealkylation sites (tertiary alicyclic amines) is 1. The van der Waals surface area contributed by atoms with E-state index >= 15 is 0 Å². The number of carbonyl (C=O) groups is 1. The molecule has 1 spiro atoms. The maximum atomic E-state index is 12.9. The Morgan fingerprint density at radius 1 is 1.20 bits per heavy atom. The smallest absolute Gasteiger partial charge is 0.223 e. The van der Waals surface area contributed by atoms with E-state index < -0.39 is 0 Å². The van der Waals surface area contributed by atoms with Crippen LogP contribution in [0, 0.1) is 17.8 Å². The van der Waals surface area contributed by atoms with Crippen molar-refractivity contribution in [1.29, 1.82) is 0 Å². The average Bonchev–Trinajstić information content (AvgIpc) is 3.21. The third-order valence-electron chi connectivity index (χ3n) is 6.20. The van der Waals surface area contributed by atoms with Gasteiger partial charge in [0, 0.05) is 37.6 Å². The van der Waals surface area contributed by atoms with Gasteiger partial charge in [-0.3, -0.25) is 4.79 Å². The van der Waals surface area contributed by atoms with Gasteiger partial charge in [0.1, 0.15) is 0 Å². The molecule has 4 rings (SSSR count). The van der Waals surface area contributed by atoms with E-state index in [-0.39, 0.29) is 17.6 Å². The monoisotopic (exact) mass is 335 g/mol. The molecule has 25 heavy (non-hydrogen) atoms. The number of carbonyl (C=O) groups excluding carboxylic acids is 1. The third-order valence-corrected chi connectivity index (χ3v) is 6.20. The van der Waals surface area contributed by atoms with Gasteiger partial charge in [0.2, 0.25) is 5.91 Å². The fraction of sp³-hybridized carbons (Fsp3) is 0.571. The van der Waals surface area contributed by atoms with Gasteiger partial charge in [0.15, 0.2) is 5.66 Å². The molecular weight excluding hydrogens is 310 g/mol. The molecule has 1 aliphatic carbocycles. The number of hydrogen-bond donors (Lipinski definition) is 0. The molecule has 4 heteroatoms. The van der Waals surface area contributed by atoms with E-state index in [9.17, 15) is 4.79 Å². The van der Waals surface area contributed by atoms with Crippen molar-refractivity contribution >= 4 is 5.91 Å². The lowest BCUT2D eigenvalue weighted by Gasteiger charge is -2.56. The Morgan fingerprint density at radius 2 is 1.92 bits per heavy atom. The minimum absolute atomic E-state index is 0.240. The molecule has 3 aliphatic rings. The second kappa shape index (κ2) is 6.29. The quantitative estimate of drug-likeness (QED) is 0.707. The van der Waals surface area contributed by atoms with Gasteiger partial charge in [-0.15, -0.1) is 12.3 Å². The molecule has 1 saturated carbocycles. The van der Waals surface area contributed by atoms with Crippen molar-refractivity contribution < 1.29 is 4.79 Å². The highest BCUT2D eigenvalue weighted by molar-refractivity contribution is 5.78. The maximum Gasteiger partial charge on any atom is 0.223 e. The molecule has 1 unspecified atom stereocenters. The fourth-order valence-electron chi connectivity index (χ4n) is 4.77. The number of terminal acetylenes is 1. The number of hydrogen-bond acceptors (Lipinski definition) is 3. The molecule has 2 aliphatic heterocycles.